The number of rotatable bonds is 10. The molecule has 0 aliphatic carbocycles. The third kappa shape index (κ3) is 6.52. The Morgan fingerprint density at radius 2 is 1.70 bits per heavy atom. The van der Waals surface area contributed by atoms with Crippen molar-refractivity contribution in [3.05, 3.63) is 53.8 Å². The lowest BCUT2D eigenvalue weighted by atomic mass is 10.3. The van der Waals surface area contributed by atoms with Crippen LogP contribution in [0.5, 0.6) is 0 Å². The maximum Gasteiger partial charge on any atom is 0.228 e. The second kappa shape index (κ2) is 10.6. The van der Waals surface area contributed by atoms with Gasteiger partial charge in [0.25, 0.3) is 0 Å². The standard InChI is InChI=1S/C22H24F3N3O3S2/c1-27(2)10-4-11-28(22-26-21-18(25)13-16(24)14-19(21)32-22)20(29)5-3-12-33(30,31)17-8-6-15(23)7-9-17/h6-9,13-14H,3-5,10-12H2,1-2H3. The Bertz CT molecular complexity index is 1230. The summed E-state index contributed by atoms with van der Waals surface area (Å²) < 4.78 is 65.9. The zero-order valence-corrected chi connectivity index (χ0v) is 19.9. The minimum absolute atomic E-state index is 0.0112. The van der Waals surface area contributed by atoms with Crippen LogP contribution < -0.4 is 4.90 Å². The molecule has 0 bridgehead atoms. The largest absolute Gasteiger partial charge is 0.309 e. The van der Waals surface area contributed by atoms with Gasteiger partial charge in [0.05, 0.1) is 15.3 Å². The topological polar surface area (TPSA) is 70.6 Å². The van der Waals surface area contributed by atoms with Crippen molar-refractivity contribution in [1.29, 1.82) is 0 Å². The third-order valence-corrected chi connectivity index (χ3v) is 7.74. The van der Waals surface area contributed by atoms with Gasteiger partial charge >= 0.3 is 0 Å². The summed E-state index contributed by atoms with van der Waals surface area (Å²) in [7, 11) is 0.112. The van der Waals surface area contributed by atoms with Crippen LogP contribution in [0.15, 0.2) is 41.3 Å². The molecule has 2 aromatic carbocycles. The van der Waals surface area contributed by atoms with Crippen LogP contribution in [0, 0.1) is 17.5 Å². The van der Waals surface area contributed by atoms with E-state index in [4.69, 9.17) is 0 Å². The zero-order valence-electron chi connectivity index (χ0n) is 18.2. The molecule has 33 heavy (non-hydrogen) atoms. The van der Waals surface area contributed by atoms with Gasteiger partial charge in [-0.1, -0.05) is 11.3 Å². The second-order valence-electron chi connectivity index (χ2n) is 7.81. The van der Waals surface area contributed by atoms with Gasteiger partial charge in [-0.15, -0.1) is 0 Å². The number of hydrogen-bond donors (Lipinski definition) is 0. The van der Waals surface area contributed by atoms with Crippen molar-refractivity contribution in [2.24, 2.45) is 0 Å². The Labute approximate surface area is 194 Å². The van der Waals surface area contributed by atoms with Crippen LogP contribution in [-0.2, 0) is 14.6 Å². The summed E-state index contributed by atoms with van der Waals surface area (Å²) in [5.74, 6) is -2.71. The van der Waals surface area contributed by atoms with Crippen molar-refractivity contribution in [3.63, 3.8) is 0 Å². The highest BCUT2D eigenvalue weighted by atomic mass is 32.2. The quantitative estimate of drug-likeness (QED) is 0.390. The fourth-order valence-corrected chi connectivity index (χ4v) is 5.60. The Morgan fingerprint density at radius 1 is 1.00 bits per heavy atom. The number of anilines is 1. The SMILES string of the molecule is CN(C)CCCN(C(=O)CCCS(=O)(=O)c1ccc(F)cc1)c1nc2c(F)cc(F)cc2s1. The number of amides is 1. The maximum atomic E-state index is 14.1. The lowest BCUT2D eigenvalue weighted by molar-refractivity contribution is -0.118. The molecular weight excluding hydrogens is 475 g/mol. The van der Waals surface area contributed by atoms with Crippen LogP contribution in [0.3, 0.4) is 0 Å². The van der Waals surface area contributed by atoms with Crippen LogP contribution in [-0.4, -0.2) is 57.1 Å². The monoisotopic (exact) mass is 499 g/mol. The number of aromatic nitrogens is 1. The smallest absolute Gasteiger partial charge is 0.228 e. The van der Waals surface area contributed by atoms with Gasteiger partial charge in [0, 0.05) is 19.0 Å². The number of hydrogen-bond acceptors (Lipinski definition) is 6. The first kappa shape index (κ1) is 25.1. The van der Waals surface area contributed by atoms with E-state index in [1.54, 1.807) is 0 Å². The molecule has 0 saturated carbocycles. The van der Waals surface area contributed by atoms with E-state index in [1.807, 2.05) is 19.0 Å². The maximum absolute atomic E-state index is 14.1. The number of nitrogens with zero attached hydrogens (tertiary/aromatic N) is 3. The van der Waals surface area contributed by atoms with Crippen LogP contribution in [0.1, 0.15) is 19.3 Å². The molecule has 0 N–H and O–H groups in total. The number of halogens is 3. The summed E-state index contributed by atoms with van der Waals surface area (Å²) in [5, 5.41) is 0.236. The zero-order chi connectivity index (χ0) is 24.2. The molecule has 0 aliphatic rings. The fraction of sp³-hybridized carbons (Fsp3) is 0.364. The van der Waals surface area contributed by atoms with E-state index in [0.29, 0.717) is 19.5 Å². The molecule has 0 radical (unpaired) electrons. The summed E-state index contributed by atoms with van der Waals surface area (Å²) >= 11 is 1.00. The lowest BCUT2D eigenvalue weighted by Crippen LogP contribution is -2.33. The average Bonchev–Trinajstić information content (AvgIpc) is 3.15. The van der Waals surface area contributed by atoms with Gasteiger partial charge < -0.3 is 4.90 Å². The van der Waals surface area contributed by atoms with Crippen molar-refractivity contribution in [2.75, 3.05) is 37.8 Å². The Kier molecular flexibility index (Phi) is 8.09. The molecular formula is C22H24F3N3O3S2. The Hall–Kier alpha value is -2.50. The normalized spacial score (nSPS) is 11.9. The van der Waals surface area contributed by atoms with Crippen LogP contribution >= 0.6 is 11.3 Å². The molecule has 3 aromatic rings. The van der Waals surface area contributed by atoms with Gasteiger partial charge in [-0.05, 0) is 63.8 Å². The van der Waals surface area contributed by atoms with Crippen molar-refractivity contribution in [3.8, 4) is 0 Å². The molecule has 3 rings (SSSR count). The number of fused-ring (bicyclic) bond motifs is 1. The molecule has 0 fully saturated rings. The van der Waals surface area contributed by atoms with Crippen LogP contribution in [0.2, 0.25) is 0 Å². The Morgan fingerprint density at radius 3 is 2.36 bits per heavy atom. The van der Waals surface area contributed by atoms with E-state index in [9.17, 15) is 26.4 Å². The molecule has 178 valence electrons. The van der Waals surface area contributed by atoms with E-state index >= 15 is 0 Å². The van der Waals surface area contributed by atoms with Crippen molar-refractivity contribution >= 4 is 42.4 Å². The fourth-order valence-electron chi connectivity index (χ4n) is 3.24. The van der Waals surface area contributed by atoms with Crippen molar-refractivity contribution in [1.82, 2.24) is 9.88 Å². The van der Waals surface area contributed by atoms with E-state index in [0.717, 1.165) is 35.6 Å². The van der Waals surface area contributed by atoms with Crippen molar-refractivity contribution < 1.29 is 26.4 Å². The summed E-state index contributed by atoms with van der Waals surface area (Å²) in [6, 6.07) is 6.42. The first-order valence-electron chi connectivity index (χ1n) is 10.3. The molecule has 1 amide bonds. The molecule has 0 spiro atoms. The minimum Gasteiger partial charge on any atom is -0.309 e. The number of thiazole rings is 1. The molecule has 1 heterocycles. The third-order valence-electron chi connectivity index (χ3n) is 4.90. The van der Waals surface area contributed by atoms with Gasteiger partial charge in [-0.3, -0.25) is 9.69 Å². The van der Waals surface area contributed by atoms with E-state index in [2.05, 4.69) is 4.98 Å². The minimum atomic E-state index is -3.67. The highest BCUT2D eigenvalue weighted by Gasteiger charge is 2.22. The molecule has 0 atom stereocenters. The molecule has 6 nitrogen and oxygen atoms in total. The van der Waals surface area contributed by atoms with Crippen molar-refractivity contribution in [2.45, 2.75) is 24.2 Å². The number of benzene rings is 2. The summed E-state index contributed by atoms with van der Waals surface area (Å²) in [6.45, 7) is 0.988. The van der Waals surface area contributed by atoms with E-state index < -0.39 is 27.3 Å². The Balaban J connectivity index is 1.74. The summed E-state index contributed by atoms with van der Waals surface area (Å²) in [6.07, 6.45) is 0.588. The van der Waals surface area contributed by atoms with Gasteiger partial charge in [0.15, 0.2) is 20.8 Å². The summed E-state index contributed by atoms with van der Waals surface area (Å²) in [5.41, 5.74) is -0.0132. The lowest BCUT2D eigenvalue weighted by Gasteiger charge is -2.21. The molecule has 1 aromatic heterocycles. The number of carbonyl (C=O) groups is 1. The van der Waals surface area contributed by atoms with Crippen LogP contribution in [0.25, 0.3) is 10.2 Å². The van der Waals surface area contributed by atoms with Crippen LogP contribution in [0.4, 0.5) is 18.3 Å². The molecule has 0 unspecified atom stereocenters. The first-order valence-corrected chi connectivity index (χ1v) is 12.7. The molecule has 0 saturated heterocycles. The summed E-state index contributed by atoms with van der Waals surface area (Å²) in [4.78, 5) is 20.5. The van der Waals surface area contributed by atoms with Gasteiger partial charge in [-0.2, -0.15) is 0 Å². The molecule has 0 aliphatic heterocycles. The van der Waals surface area contributed by atoms with E-state index in [1.165, 1.54) is 17.0 Å². The number of sulfone groups is 1. The highest BCUT2D eigenvalue weighted by molar-refractivity contribution is 7.91. The molecule has 11 heteroatoms. The highest BCUT2D eigenvalue weighted by Crippen LogP contribution is 2.31. The predicted octanol–water partition coefficient (Wildman–Crippen LogP) is 4.25. The van der Waals surface area contributed by atoms with Gasteiger partial charge in [0.1, 0.15) is 17.2 Å². The van der Waals surface area contributed by atoms with Gasteiger partial charge in [-0.25, -0.2) is 26.6 Å². The average molecular weight is 500 g/mol. The first-order chi connectivity index (χ1) is 15.6. The second-order valence-corrected chi connectivity index (χ2v) is 10.9. The van der Waals surface area contributed by atoms with Gasteiger partial charge in [0.2, 0.25) is 5.91 Å². The number of carbonyl (C=O) groups excluding carboxylic acids is 1. The van der Waals surface area contributed by atoms with E-state index in [-0.39, 0.29) is 44.7 Å². The predicted molar refractivity (Wildman–Crippen MR) is 123 cm³/mol.